The van der Waals surface area contributed by atoms with Crippen molar-refractivity contribution in [3.63, 3.8) is 0 Å². The van der Waals surface area contributed by atoms with Crippen molar-refractivity contribution < 1.29 is 32.3 Å². The molecule has 0 saturated heterocycles. The fraction of sp³-hybridized carbons (Fsp3) is 0.348. The number of esters is 1. The molecule has 0 aromatic heterocycles. The number of carbonyl (C=O) groups is 3. The van der Waals surface area contributed by atoms with Crippen LogP contribution >= 0.6 is 0 Å². The van der Waals surface area contributed by atoms with Crippen molar-refractivity contribution in [2.75, 3.05) is 11.5 Å². The van der Waals surface area contributed by atoms with Gasteiger partial charge in [-0.2, -0.15) is 13.2 Å². The SMILES string of the molecule is CC(C)c1cccc(C(C)C)c1N1C(=O)c2cccc(C(=O)OCC(F)(F)F)c2C1=O. The Morgan fingerprint density at radius 1 is 0.935 bits per heavy atom. The van der Waals surface area contributed by atoms with E-state index in [0.29, 0.717) is 5.69 Å². The Hall–Kier alpha value is -3.16. The van der Waals surface area contributed by atoms with Gasteiger partial charge < -0.3 is 4.74 Å². The molecule has 5 nitrogen and oxygen atoms in total. The highest BCUT2D eigenvalue weighted by molar-refractivity contribution is 6.36. The molecule has 8 heteroatoms. The second-order valence-electron chi connectivity index (χ2n) is 7.96. The summed E-state index contributed by atoms with van der Waals surface area (Å²) in [5.74, 6) is -2.70. The van der Waals surface area contributed by atoms with Crippen LogP contribution in [-0.2, 0) is 4.74 Å². The molecule has 1 heterocycles. The van der Waals surface area contributed by atoms with Crippen LogP contribution in [-0.4, -0.2) is 30.6 Å². The summed E-state index contributed by atoms with van der Waals surface area (Å²) in [5.41, 5.74) is 1.36. The van der Waals surface area contributed by atoms with Crippen molar-refractivity contribution in [1.82, 2.24) is 0 Å². The molecule has 3 rings (SSSR count). The average Bonchev–Trinajstić information content (AvgIpc) is 2.95. The van der Waals surface area contributed by atoms with Gasteiger partial charge in [0.25, 0.3) is 11.8 Å². The van der Waals surface area contributed by atoms with E-state index in [1.807, 2.05) is 45.9 Å². The lowest BCUT2D eigenvalue weighted by atomic mass is 9.92. The predicted molar refractivity (Wildman–Crippen MR) is 109 cm³/mol. The van der Waals surface area contributed by atoms with E-state index >= 15 is 0 Å². The summed E-state index contributed by atoms with van der Waals surface area (Å²) >= 11 is 0. The second kappa shape index (κ2) is 8.17. The van der Waals surface area contributed by atoms with E-state index in [4.69, 9.17) is 0 Å². The molecule has 2 aromatic rings. The van der Waals surface area contributed by atoms with Crippen molar-refractivity contribution in [1.29, 1.82) is 0 Å². The summed E-state index contributed by atoms with van der Waals surface area (Å²) < 4.78 is 41.7. The number of rotatable bonds is 5. The third kappa shape index (κ3) is 4.19. The van der Waals surface area contributed by atoms with Crippen LogP contribution in [0.15, 0.2) is 36.4 Å². The molecule has 0 unspecified atom stereocenters. The first-order chi connectivity index (χ1) is 14.4. The Kier molecular flexibility index (Phi) is 5.93. The Morgan fingerprint density at radius 3 is 2.00 bits per heavy atom. The molecule has 1 aliphatic rings. The van der Waals surface area contributed by atoms with Crippen LogP contribution < -0.4 is 4.90 Å². The molecule has 164 valence electrons. The van der Waals surface area contributed by atoms with E-state index in [2.05, 4.69) is 4.74 Å². The molecule has 31 heavy (non-hydrogen) atoms. The van der Waals surface area contributed by atoms with Crippen molar-refractivity contribution in [2.24, 2.45) is 0 Å². The summed E-state index contributed by atoms with van der Waals surface area (Å²) in [4.78, 5) is 39.9. The first-order valence-electron chi connectivity index (χ1n) is 9.82. The number of anilines is 1. The van der Waals surface area contributed by atoms with Gasteiger partial charge in [0, 0.05) is 0 Å². The van der Waals surface area contributed by atoms with E-state index in [-0.39, 0.29) is 28.5 Å². The predicted octanol–water partition coefficient (Wildman–Crippen LogP) is 5.45. The quantitative estimate of drug-likeness (QED) is 0.464. The maximum atomic E-state index is 13.4. The zero-order valence-electron chi connectivity index (χ0n) is 17.5. The van der Waals surface area contributed by atoms with Crippen molar-refractivity contribution in [3.8, 4) is 0 Å². The number of hydrogen-bond acceptors (Lipinski definition) is 4. The van der Waals surface area contributed by atoms with Crippen molar-refractivity contribution in [3.05, 3.63) is 64.2 Å². The van der Waals surface area contributed by atoms with Gasteiger partial charge in [0.05, 0.1) is 22.4 Å². The van der Waals surface area contributed by atoms with Gasteiger partial charge in [0.15, 0.2) is 6.61 Å². The summed E-state index contributed by atoms with van der Waals surface area (Å²) in [5, 5.41) is 0. The van der Waals surface area contributed by atoms with Gasteiger partial charge in [0.2, 0.25) is 0 Å². The number of nitrogens with zero attached hydrogens (tertiary/aromatic N) is 1. The topological polar surface area (TPSA) is 63.7 Å². The lowest BCUT2D eigenvalue weighted by Crippen LogP contribution is -2.32. The number of halogens is 3. The molecule has 0 radical (unpaired) electrons. The standard InChI is InChI=1S/C23H22F3NO4/c1-12(2)14-7-5-8-15(13(3)4)19(14)27-20(28)16-9-6-10-17(18(16)21(27)29)22(30)31-11-23(24,25)26/h5-10,12-13H,11H2,1-4H3. The summed E-state index contributed by atoms with van der Waals surface area (Å²) in [6.45, 7) is 5.94. The summed E-state index contributed by atoms with van der Waals surface area (Å²) in [6, 6.07) is 9.41. The summed E-state index contributed by atoms with van der Waals surface area (Å²) in [6.07, 6.45) is -4.71. The van der Waals surface area contributed by atoms with E-state index in [9.17, 15) is 27.6 Å². The van der Waals surface area contributed by atoms with Crippen LogP contribution in [0.3, 0.4) is 0 Å². The van der Waals surface area contributed by atoms with Gasteiger partial charge >= 0.3 is 12.1 Å². The highest BCUT2D eigenvalue weighted by Gasteiger charge is 2.42. The van der Waals surface area contributed by atoms with E-state index in [1.165, 1.54) is 18.2 Å². The normalized spacial score (nSPS) is 13.9. The number of fused-ring (bicyclic) bond motifs is 1. The second-order valence-corrected chi connectivity index (χ2v) is 7.96. The Bertz CT molecular complexity index is 1030. The zero-order valence-corrected chi connectivity index (χ0v) is 17.5. The maximum absolute atomic E-state index is 13.4. The number of benzene rings is 2. The number of hydrogen-bond donors (Lipinski definition) is 0. The monoisotopic (exact) mass is 433 g/mol. The smallest absolute Gasteiger partial charge is 0.422 e. The molecule has 0 aliphatic carbocycles. The van der Waals surface area contributed by atoms with Gasteiger partial charge in [-0.1, -0.05) is 52.0 Å². The highest BCUT2D eigenvalue weighted by Crippen LogP contribution is 2.40. The molecule has 0 fully saturated rings. The highest BCUT2D eigenvalue weighted by atomic mass is 19.4. The first-order valence-corrected chi connectivity index (χ1v) is 9.82. The van der Waals surface area contributed by atoms with Crippen molar-refractivity contribution >= 4 is 23.5 Å². The molecule has 2 aromatic carbocycles. The van der Waals surface area contributed by atoms with Crippen LogP contribution in [0.2, 0.25) is 0 Å². The molecular formula is C23H22F3NO4. The van der Waals surface area contributed by atoms with E-state index in [1.54, 1.807) is 0 Å². The largest absolute Gasteiger partial charge is 0.452 e. The lowest BCUT2D eigenvalue weighted by molar-refractivity contribution is -0.161. The minimum absolute atomic E-state index is 0.00534. The number of imide groups is 1. The molecular weight excluding hydrogens is 411 g/mol. The van der Waals surface area contributed by atoms with Crippen LogP contribution in [0.4, 0.5) is 18.9 Å². The number of carbonyl (C=O) groups excluding carboxylic acids is 3. The molecule has 1 aliphatic heterocycles. The maximum Gasteiger partial charge on any atom is 0.422 e. The Morgan fingerprint density at radius 2 is 1.48 bits per heavy atom. The third-order valence-electron chi connectivity index (χ3n) is 5.07. The van der Waals surface area contributed by atoms with Gasteiger partial charge in [-0.25, -0.2) is 9.69 Å². The minimum atomic E-state index is -4.71. The zero-order chi connectivity index (χ0) is 23.1. The molecule has 0 atom stereocenters. The number of amides is 2. The number of alkyl halides is 3. The van der Waals surface area contributed by atoms with Gasteiger partial charge in [0.1, 0.15) is 0 Å². The molecule has 2 amide bonds. The lowest BCUT2D eigenvalue weighted by Gasteiger charge is -2.25. The van der Waals surface area contributed by atoms with Crippen LogP contribution in [0.1, 0.15) is 81.7 Å². The van der Waals surface area contributed by atoms with Gasteiger partial charge in [-0.3, -0.25) is 9.59 Å². The fourth-order valence-corrected chi connectivity index (χ4v) is 3.65. The van der Waals surface area contributed by atoms with Crippen LogP contribution in [0.5, 0.6) is 0 Å². The van der Waals surface area contributed by atoms with Gasteiger partial charge in [-0.15, -0.1) is 0 Å². The Balaban J connectivity index is 2.12. The first kappa shape index (κ1) is 22.5. The molecule has 0 N–H and O–H groups in total. The third-order valence-corrected chi connectivity index (χ3v) is 5.07. The fourth-order valence-electron chi connectivity index (χ4n) is 3.65. The van der Waals surface area contributed by atoms with E-state index < -0.39 is 30.6 Å². The molecule has 0 bridgehead atoms. The van der Waals surface area contributed by atoms with E-state index in [0.717, 1.165) is 16.0 Å². The summed E-state index contributed by atoms with van der Waals surface area (Å²) in [7, 11) is 0. The van der Waals surface area contributed by atoms with Crippen LogP contribution in [0.25, 0.3) is 0 Å². The van der Waals surface area contributed by atoms with Crippen molar-refractivity contribution in [2.45, 2.75) is 45.7 Å². The molecule has 0 saturated carbocycles. The Labute approximate surface area is 177 Å². The van der Waals surface area contributed by atoms with Gasteiger partial charge in [-0.05, 0) is 35.1 Å². The molecule has 0 spiro atoms. The minimum Gasteiger partial charge on any atom is -0.452 e. The van der Waals surface area contributed by atoms with Crippen LogP contribution in [0, 0.1) is 0 Å². The number of ether oxygens (including phenoxy) is 1. The number of para-hydroxylation sites is 1. The average molecular weight is 433 g/mol.